The highest BCUT2D eigenvalue weighted by molar-refractivity contribution is 8.14. The van der Waals surface area contributed by atoms with E-state index in [0.717, 1.165) is 16.7 Å². The summed E-state index contributed by atoms with van der Waals surface area (Å²) in [5.74, 6) is -0.457. The minimum absolute atomic E-state index is 0.0672. The summed E-state index contributed by atoms with van der Waals surface area (Å²) in [5, 5.41) is 12.6. The molecule has 3 aromatic rings. The number of nitrogens with one attached hydrogen (secondary N) is 1. The molecule has 33 heavy (non-hydrogen) atoms. The minimum atomic E-state index is -0.953. The van der Waals surface area contributed by atoms with Crippen LogP contribution in [0.1, 0.15) is 58.7 Å². The molecule has 3 aromatic carbocycles. The summed E-state index contributed by atoms with van der Waals surface area (Å²) in [6, 6.07) is 22.5. The highest BCUT2D eigenvalue weighted by Crippen LogP contribution is 2.31. The van der Waals surface area contributed by atoms with Gasteiger partial charge in [0.25, 0.3) is 5.91 Å². The fourth-order valence-corrected chi connectivity index (χ4v) is 4.66. The quantitative estimate of drug-likeness (QED) is 0.508. The van der Waals surface area contributed by atoms with Gasteiger partial charge < -0.3 is 10.4 Å². The van der Waals surface area contributed by atoms with Crippen LogP contribution < -0.4 is 5.32 Å². The van der Waals surface area contributed by atoms with Crippen molar-refractivity contribution >= 4 is 28.8 Å². The van der Waals surface area contributed by atoms with E-state index in [-0.39, 0.29) is 22.9 Å². The Morgan fingerprint density at radius 3 is 2.27 bits per heavy atom. The van der Waals surface area contributed by atoms with Crippen molar-refractivity contribution in [3.63, 3.8) is 0 Å². The lowest BCUT2D eigenvalue weighted by Gasteiger charge is -2.19. The molecule has 168 valence electrons. The maximum Gasteiger partial charge on any atom is 0.335 e. The van der Waals surface area contributed by atoms with E-state index in [4.69, 9.17) is 5.11 Å². The van der Waals surface area contributed by atoms with E-state index < -0.39 is 5.97 Å². The SMILES string of the molecule is CC(C)(C)c1ccc(-c2ccccc2C(=O)NC2=NC(c3ccc(C(=O)O)cc3)CS2)cc1. The molecule has 0 saturated heterocycles. The second kappa shape index (κ2) is 9.24. The third kappa shape index (κ3) is 5.17. The van der Waals surface area contributed by atoms with Crippen molar-refractivity contribution in [3.05, 3.63) is 95.1 Å². The number of thioether (sulfide) groups is 1. The van der Waals surface area contributed by atoms with Gasteiger partial charge in [-0.25, -0.2) is 4.79 Å². The molecule has 1 aliphatic heterocycles. The van der Waals surface area contributed by atoms with Crippen molar-refractivity contribution in [3.8, 4) is 11.1 Å². The smallest absolute Gasteiger partial charge is 0.335 e. The van der Waals surface area contributed by atoms with E-state index in [9.17, 15) is 9.59 Å². The molecule has 4 rings (SSSR count). The van der Waals surface area contributed by atoms with Crippen LogP contribution in [-0.2, 0) is 5.41 Å². The number of aliphatic imine (C=N–C) groups is 1. The first kappa shape index (κ1) is 22.8. The molecule has 2 N–H and O–H groups in total. The predicted molar refractivity (Wildman–Crippen MR) is 134 cm³/mol. The number of carbonyl (C=O) groups is 2. The van der Waals surface area contributed by atoms with Gasteiger partial charge in [-0.3, -0.25) is 9.79 Å². The van der Waals surface area contributed by atoms with Crippen molar-refractivity contribution in [1.29, 1.82) is 0 Å². The van der Waals surface area contributed by atoms with Crippen molar-refractivity contribution in [2.75, 3.05) is 5.75 Å². The molecule has 1 amide bonds. The molecule has 6 heteroatoms. The lowest BCUT2D eigenvalue weighted by Crippen LogP contribution is -2.27. The molecule has 0 bridgehead atoms. The number of amidine groups is 1. The van der Waals surface area contributed by atoms with E-state index in [2.05, 4.69) is 55.3 Å². The van der Waals surface area contributed by atoms with E-state index in [0.29, 0.717) is 16.5 Å². The Morgan fingerprint density at radius 1 is 0.970 bits per heavy atom. The zero-order valence-electron chi connectivity index (χ0n) is 18.8. The summed E-state index contributed by atoms with van der Waals surface area (Å²) in [7, 11) is 0. The number of benzene rings is 3. The number of carbonyl (C=O) groups excluding carboxylic acids is 1. The van der Waals surface area contributed by atoms with Gasteiger partial charge in [-0.05, 0) is 45.9 Å². The molecule has 1 unspecified atom stereocenters. The number of carboxylic acids is 1. The van der Waals surface area contributed by atoms with Gasteiger partial charge in [-0.1, -0.05) is 87.1 Å². The van der Waals surface area contributed by atoms with Gasteiger partial charge in [0.05, 0.1) is 11.6 Å². The van der Waals surface area contributed by atoms with Crippen LogP contribution in [0.15, 0.2) is 77.8 Å². The van der Waals surface area contributed by atoms with Gasteiger partial charge >= 0.3 is 5.97 Å². The molecule has 0 saturated carbocycles. The number of nitrogens with zero attached hydrogens (tertiary/aromatic N) is 1. The highest BCUT2D eigenvalue weighted by atomic mass is 32.2. The number of rotatable bonds is 4. The Hall–Kier alpha value is -3.38. The molecule has 0 fully saturated rings. The van der Waals surface area contributed by atoms with Crippen LogP contribution in [0.2, 0.25) is 0 Å². The fourth-order valence-electron chi connectivity index (χ4n) is 3.71. The van der Waals surface area contributed by atoms with Crippen LogP contribution in [0, 0.1) is 0 Å². The van der Waals surface area contributed by atoms with E-state index in [1.165, 1.54) is 17.3 Å². The summed E-state index contributed by atoms with van der Waals surface area (Å²) in [6.07, 6.45) is 0. The molecule has 1 atom stereocenters. The summed E-state index contributed by atoms with van der Waals surface area (Å²) in [5.41, 5.74) is 4.94. The largest absolute Gasteiger partial charge is 0.478 e. The minimum Gasteiger partial charge on any atom is -0.478 e. The van der Waals surface area contributed by atoms with Crippen molar-refractivity contribution < 1.29 is 14.7 Å². The second-order valence-corrected chi connectivity index (χ2v) is 10.0. The Balaban J connectivity index is 1.51. The first-order valence-corrected chi connectivity index (χ1v) is 11.8. The zero-order valence-corrected chi connectivity index (χ0v) is 19.6. The van der Waals surface area contributed by atoms with Gasteiger partial charge in [-0.2, -0.15) is 0 Å². The fraction of sp³-hybridized carbons (Fsp3) is 0.222. The third-order valence-corrected chi connectivity index (χ3v) is 6.61. The normalized spacial score (nSPS) is 15.7. The zero-order chi connectivity index (χ0) is 23.6. The van der Waals surface area contributed by atoms with Gasteiger partial charge in [-0.15, -0.1) is 0 Å². The number of hydrogen-bond acceptors (Lipinski definition) is 4. The van der Waals surface area contributed by atoms with Gasteiger partial charge in [0, 0.05) is 11.3 Å². The average molecular weight is 459 g/mol. The van der Waals surface area contributed by atoms with E-state index in [1.807, 2.05) is 24.3 Å². The summed E-state index contributed by atoms with van der Waals surface area (Å²) in [4.78, 5) is 28.8. The topological polar surface area (TPSA) is 78.8 Å². The monoisotopic (exact) mass is 458 g/mol. The second-order valence-electron chi connectivity index (χ2n) is 9.02. The molecule has 1 aliphatic rings. The third-order valence-electron chi connectivity index (χ3n) is 5.65. The van der Waals surface area contributed by atoms with Gasteiger partial charge in [0.1, 0.15) is 0 Å². The van der Waals surface area contributed by atoms with E-state index >= 15 is 0 Å². The molecule has 5 nitrogen and oxygen atoms in total. The van der Waals surface area contributed by atoms with Crippen LogP contribution in [0.25, 0.3) is 11.1 Å². The molecule has 0 aliphatic carbocycles. The molecule has 0 radical (unpaired) electrons. The molecule has 0 aromatic heterocycles. The standard InChI is InChI=1S/C27H26N2O3S/c1-27(2,3)20-14-12-17(13-15-20)21-6-4-5-7-22(21)24(30)29-26-28-23(16-33-26)18-8-10-19(11-9-18)25(31)32/h4-15,23H,16H2,1-3H3,(H,31,32)(H,28,29,30). The highest BCUT2D eigenvalue weighted by Gasteiger charge is 2.23. The first-order chi connectivity index (χ1) is 15.7. The van der Waals surface area contributed by atoms with Crippen molar-refractivity contribution in [2.45, 2.75) is 32.2 Å². The lowest BCUT2D eigenvalue weighted by atomic mass is 9.86. The number of carboxylic acid groups (broad SMARTS) is 1. The molecule has 1 heterocycles. The Labute approximate surface area is 198 Å². The van der Waals surface area contributed by atoms with Crippen LogP contribution in [0.4, 0.5) is 0 Å². The first-order valence-electron chi connectivity index (χ1n) is 10.8. The number of aromatic carboxylic acids is 1. The predicted octanol–water partition coefficient (Wildman–Crippen LogP) is 5.92. The molecule has 0 spiro atoms. The van der Waals surface area contributed by atoms with Gasteiger partial charge in [0.2, 0.25) is 0 Å². The maximum absolute atomic E-state index is 13.1. The molecular formula is C27H26N2O3S. The Morgan fingerprint density at radius 2 is 1.64 bits per heavy atom. The average Bonchev–Trinajstić information content (AvgIpc) is 3.27. The van der Waals surface area contributed by atoms with E-state index in [1.54, 1.807) is 24.3 Å². The van der Waals surface area contributed by atoms with Crippen LogP contribution in [0.3, 0.4) is 0 Å². The lowest BCUT2D eigenvalue weighted by molar-refractivity contribution is 0.0696. The number of hydrogen-bond donors (Lipinski definition) is 2. The summed E-state index contributed by atoms with van der Waals surface area (Å²) in [6.45, 7) is 6.53. The van der Waals surface area contributed by atoms with Crippen LogP contribution in [-0.4, -0.2) is 27.9 Å². The summed E-state index contributed by atoms with van der Waals surface area (Å²) >= 11 is 1.49. The summed E-state index contributed by atoms with van der Waals surface area (Å²) < 4.78 is 0. The van der Waals surface area contributed by atoms with Crippen molar-refractivity contribution in [2.24, 2.45) is 4.99 Å². The van der Waals surface area contributed by atoms with Crippen molar-refractivity contribution in [1.82, 2.24) is 5.32 Å². The maximum atomic E-state index is 13.1. The van der Waals surface area contributed by atoms with Gasteiger partial charge in [0.15, 0.2) is 5.17 Å². The molecular weight excluding hydrogens is 432 g/mol. The number of amides is 1. The van der Waals surface area contributed by atoms with Crippen LogP contribution >= 0.6 is 11.8 Å². The Bertz CT molecular complexity index is 1210. The Kier molecular flexibility index (Phi) is 6.38. The van der Waals surface area contributed by atoms with Crippen LogP contribution in [0.5, 0.6) is 0 Å².